The molecule has 2 heterocycles. The van der Waals surface area contributed by atoms with Crippen molar-refractivity contribution in [2.24, 2.45) is 0 Å². The fourth-order valence-corrected chi connectivity index (χ4v) is 2.05. The van der Waals surface area contributed by atoms with Gasteiger partial charge in [-0.15, -0.1) is 0 Å². The maximum atomic E-state index is 11.7. The van der Waals surface area contributed by atoms with Crippen LogP contribution in [-0.2, 0) is 6.54 Å². The maximum absolute atomic E-state index is 11.7. The minimum absolute atomic E-state index is 0.379. The van der Waals surface area contributed by atoms with Gasteiger partial charge in [0.05, 0.1) is 12.1 Å². The van der Waals surface area contributed by atoms with Gasteiger partial charge in [0.15, 0.2) is 0 Å². The molecule has 0 atom stereocenters. The highest BCUT2D eigenvalue weighted by atomic mass is 16.2. The quantitative estimate of drug-likeness (QED) is 0.744. The lowest BCUT2D eigenvalue weighted by molar-refractivity contribution is 0.723. The van der Waals surface area contributed by atoms with E-state index in [4.69, 9.17) is 0 Å². The first-order valence-corrected chi connectivity index (χ1v) is 5.86. The standard InChI is InChI=1S/C14H11N3O2/c18-12-6-8-17(14(19)16-12)9-11-4-1-3-10-5-2-7-15-13(10)11/h1-8H,9H2,(H,16,18,19). The van der Waals surface area contributed by atoms with Gasteiger partial charge in [-0.3, -0.25) is 19.3 Å². The van der Waals surface area contributed by atoms with E-state index in [2.05, 4.69) is 9.97 Å². The second-order valence-electron chi connectivity index (χ2n) is 4.23. The maximum Gasteiger partial charge on any atom is 0.328 e. The Hall–Kier alpha value is -2.69. The molecule has 0 fully saturated rings. The van der Waals surface area contributed by atoms with Crippen molar-refractivity contribution in [2.75, 3.05) is 0 Å². The molecular formula is C14H11N3O2. The zero-order valence-electron chi connectivity index (χ0n) is 10.0. The monoisotopic (exact) mass is 253 g/mol. The van der Waals surface area contributed by atoms with E-state index in [1.807, 2.05) is 30.3 Å². The van der Waals surface area contributed by atoms with Crippen LogP contribution >= 0.6 is 0 Å². The largest absolute Gasteiger partial charge is 0.328 e. The van der Waals surface area contributed by atoms with Crippen LogP contribution in [0, 0.1) is 0 Å². The average molecular weight is 253 g/mol. The fourth-order valence-electron chi connectivity index (χ4n) is 2.05. The van der Waals surface area contributed by atoms with E-state index < -0.39 is 11.2 Å². The predicted octanol–water partition coefficient (Wildman–Crippen LogP) is 1.13. The van der Waals surface area contributed by atoms with Gasteiger partial charge in [-0.1, -0.05) is 24.3 Å². The number of rotatable bonds is 2. The third-order valence-electron chi connectivity index (χ3n) is 2.95. The van der Waals surface area contributed by atoms with Crippen LogP contribution in [0.15, 0.2) is 58.4 Å². The van der Waals surface area contributed by atoms with E-state index >= 15 is 0 Å². The molecule has 19 heavy (non-hydrogen) atoms. The van der Waals surface area contributed by atoms with Gasteiger partial charge in [-0.05, 0) is 11.6 Å². The first-order chi connectivity index (χ1) is 9.24. The van der Waals surface area contributed by atoms with Crippen LogP contribution in [0.4, 0.5) is 0 Å². The normalized spacial score (nSPS) is 10.7. The van der Waals surface area contributed by atoms with E-state index in [9.17, 15) is 9.59 Å². The Kier molecular flexibility index (Phi) is 2.72. The van der Waals surface area contributed by atoms with Gasteiger partial charge in [-0.2, -0.15) is 0 Å². The molecule has 5 nitrogen and oxygen atoms in total. The Bertz CT molecular complexity index is 843. The van der Waals surface area contributed by atoms with Crippen LogP contribution in [0.2, 0.25) is 0 Å². The molecule has 0 saturated heterocycles. The third-order valence-corrected chi connectivity index (χ3v) is 2.95. The number of aromatic amines is 1. The summed E-state index contributed by atoms with van der Waals surface area (Å²) in [6.07, 6.45) is 3.21. The number of hydrogen-bond donors (Lipinski definition) is 1. The number of aromatic nitrogens is 3. The van der Waals surface area contributed by atoms with Gasteiger partial charge in [0.1, 0.15) is 0 Å². The number of nitrogens with zero attached hydrogens (tertiary/aromatic N) is 2. The second kappa shape index (κ2) is 4.53. The minimum Gasteiger partial charge on any atom is -0.296 e. The first-order valence-electron chi connectivity index (χ1n) is 5.86. The Morgan fingerprint density at radius 3 is 2.79 bits per heavy atom. The van der Waals surface area contributed by atoms with Crippen LogP contribution < -0.4 is 11.2 Å². The van der Waals surface area contributed by atoms with Crippen molar-refractivity contribution in [3.8, 4) is 0 Å². The molecule has 0 unspecified atom stereocenters. The Morgan fingerprint density at radius 1 is 1.11 bits per heavy atom. The van der Waals surface area contributed by atoms with Crippen molar-refractivity contribution >= 4 is 10.9 Å². The highest BCUT2D eigenvalue weighted by Crippen LogP contribution is 2.16. The molecule has 94 valence electrons. The van der Waals surface area contributed by atoms with E-state index in [0.29, 0.717) is 6.54 Å². The number of nitrogens with one attached hydrogen (secondary N) is 1. The van der Waals surface area contributed by atoms with Crippen LogP contribution in [0.25, 0.3) is 10.9 Å². The highest BCUT2D eigenvalue weighted by molar-refractivity contribution is 5.81. The molecule has 0 amide bonds. The second-order valence-corrected chi connectivity index (χ2v) is 4.23. The number of benzene rings is 1. The average Bonchev–Trinajstić information content (AvgIpc) is 2.42. The molecule has 5 heteroatoms. The molecule has 3 rings (SSSR count). The van der Waals surface area contributed by atoms with Crippen LogP contribution in [0.1, 0.15) is 5.56 Å². The van der Waals surface area contributed by atoms with E-state index in [0.717, 1.165) is 16.5 Å². The summed E-state index contributed by atoms with van der Waals surface area (Å²) >= 11 is 0. The molecule has 0 bridgehead atoms. The van der Waals surface area contributed by atoms with Crippen molar-refractivity contribution in [3.63, 3.8) is 0 Å². The minimum atomic E-state index is -0.416. The Morgan fingerprint density at radius 2 is 1.95 bits per heavy atom. The molecule has 0 saturated carbocycles. The SMILES string of the molecule is O=c1ccn(Cc2cccc3cccnc23)c(=O)[nH]1. The van der Waals surface area contributed by atoms with Crippen LogP contribution in [0.3, 0.4) is 0 Å². The summed E-state index contributed by atoms with van der Waals surface area (Å²) < 4.78 is 1.45. The van der Waals surface area contributed by atoms with Gasteiger partial charge in [0, 0.05) is 23.8 Å². The summed E-state index contributed by atoms with van der Waals surface area (Å²) in [7, 11) is 0. The number of fused-ring (bicyclic) bond motifs is 1. The lowest BCUT2D eigenvalue weighted by atomic mass is 10.1. The molecule has 3 aromatic rings. The smallest absolute Gasteiger partial charge is 0.296 e. The topological polar surface area (TPSA) is 67.8 Å². The summed E-state index contributed by atoms with van der Waals surface area (Å²) in [5.74, 6) is 0. The lowest BCUT2D eigenvalue weighted by Gasteiger charge is -2.07. The van der Waals surface area contributed by atoms with Gasteiger partial charge >= 0.3 is 5.69 Å². The Balaban J connectivity index is 2.11. The summed E-state index contributed by atoms with van der Waals surface area (Å²) in [5, 5.41) is 1.03. The summed E-state index contributed by atoms with van der Waals surface area (Å²) in [5.41, 5.74) is 0.994. The molecule has 1 N–H and O–H groups in total. The molecule has 0 aliphatic carbocycles. The van der Waals surface area contributed by atoms with Crippen molar-refractivity contribution in [1.29, 1.82) is 0 Å². The summed E-state index contributed by atoms with van der Waals surface area (Å²) in [6.45, 7) is 0.379. The first kappa shape index (κ1) is 11.4. The molecular weight excluding hydrogens is 242 g/mol. The highest BCUT2D eigenvalue weighted by Gasteiger charge is 2.04. The molecule has 0 aliphatic heterocycles. The predicted molar refractivity (Wildman–Crippen MR) is 72.2 cm³/mol. The summed E-state index contributed by atoms with van der Waals surface area (Å²) in [4.78, 5) is 29.3. The Labute approximate surface area is 108 Å². The van der Waals surface area contributed by atoms with Crippen molar-refractivity contribution in [1.82, 2.24) is 14.5 Å². The molecule has 1 aromatic carbocycles. The van der Waals surface area contributed by atoms with Crippen molar-refractivity contribution < 1.29 is 0 Å². The zero-order valence-corrected chi connectivity index (χ0v) is 10.0. The van der Waals surface area contributed by atoms with E-state index in [1.165, 1.54) is 16.8 Å². The summed E-state index contributed by atoms with van der Waals surface area (Å²) in [6, 6.07) is 11.0. The number of hydrogen-bond acceptors (Lipinski definition) is 3. The van der Waals surface area contributed by atoms with Gasteiger partial charge in [-0.25, -0.2) is 4.79 Å². The lowest BCUT2D eigenvalue weighted by Crippen LogP contribution is -2.28. The van der Waals surface area contributed by atoms with Crippen molar-refractivity contribution in [3.05, 3.63) is 75.2 Å². The van der Waals surface area contributed by atoms with Crippen LogP contribution in [0.5, 0.6) is 0 Å². The van der Waals surface area contributed by atoms with Gasteiger partial charge < -0.3 is 0 Å². The number of pyridine rings is 1. The van der Waals surface area contributed by atoms with Gasteiger partial charge in [0.25, 0.3) is 5.56 Å². The van der Waals surface area contributed by atoms with Crippen LogP contribution in [-0.4, -0.2) is 14.5 Å². The van der Waals surface area contributed by atoms with E-state index in [-0.39, 0.29) is 0 Å². The molecule has 0 spiro atoms. The molecule has 0 radical (unpaired) electrons. The van der Waals surface area contributed by atoms with Crippen molar-refractivity contribution in [2.45, 2.75) is 6.54 Å². The molecule has 2 aromatic heterocycles. The number of para-hydroxylation sites is 1. The fraction of sp³-hybridized carbons (Fsp3) is 0.0714. The zero-order chi connectivity index (χ0) is 13.2. The van der Waals surface area contributed by atoms with Gasteiger partial charge in [0.2, 0.25) is 0 Å². The number of H-pyrrole nitrogens is 1. The van der Waals surface area contributed by atoms with E-state index in [1.54, 1.807) is 6.20 Å². The molecule has 0 aliphatic rings. The third kappa shape index (κ3) is 2.18.